The first kappa shape index (κ1) is 16.0. The summed E-state index contributed by atoms with van der Waals surface area (Å²) >= 11 is 0. The Kier molecular flexibility index (Phi) is 4.45. The van der Waals surface area contributed by atoms with E-state index < -0.39 is 33.3 Å². The van der Waals surface area contributed by atoms with Crippen LogP contribution in [0.3, 0.4) is 0 Å². The van der Waals surface area contributed by atoms with E-state index in [0.29, 0.717) is 6.07 Å². The standard InChI is InChI=1S/C9H11F3N4O3S/c1-14-20(18,19)16-5-2-3-6(8(13)15-17)7(4-5)9(10,11)12/h2-4,14,16-17H,1H3,(H2,13,15). The lowest BCUT2D eigenvalue weighted by Crippen LogP contribution is -2.27. The monoisotopic (exact) mass is 312 g/mol. The Morgan fingerprint density at radius 1 is 1.40 bits per heavy atom. The number of benzene rings is 1. The van der Waals surface area contributed by atoms with Crippen LogP contribution in [0.15, 0.2) is 23.4 Å². The van der Waals surface area contributed by atoms with E-state index in [-0.39, 0.29) is 5.69 Å². The summed E-state index contributed by atoms with van der Waals surface area (Å²) in [6.45, 7) is 0. The molecule has 0 aromatic heterocycles. The van der Waals surface area contributed by atoms with E-state index >= 15 is 0 Å². The zero-order valence-corrected chi connectivity index (χ0v) is 10.9. The van der Waals surface area contributed by atoms with Crippen molar-refractivity contribution >= 4 is 21.7 Å². The van der Waals surface area contributed by atoms with Crippen molar-refractivity contribution in [1.82, 2.24) is 4.72 Å². The predicted octanol–water partition coefficient (Wildman–Crippen LogP) is 0.676. The zero-order chi connectivity index (χ0) is 15.6. The van der Waals surface area contributed by atoms with Gasteiger partial charge in [0.15, 0.2) is 5.84 Å². The lowest BCUT2D eigenvalue weighted by atomic mass is 10.1. The molecule has 0 aliphatic heterocycles. The summed E-state index contributed by atoms with van der Waals surface area (Å²) in [4.78, 5) is 0. The second-order valence-corrected chi connectivity index (χ2v) is 5.17. The molecular formula is C9H11F3N4O3S. The van der Waals surface area contributed by atoms with Gasteiger partial charge in [0, 0.05) is 12.6 Å². The minimum atomic E-state index is -4.80. The highest BCUT2D eigenvalue weighted by Gasteiger charge is 2.35. The summed E-state index contributed by atoms with van der Waals surface area (Å²) in [5.41, 5.74) is 3.03. The quantitative estimate of drug-likeness (QED) is 0.283. The summed E-state index contributed by atoms with van der Waals surface area (Å²) in [5.74, 6) is -0.736. The van der Waals surface area contributed by atoms with E-state index in [2.05, 4.69) is 5.16 Å². The lowest BCUT2D eigenvalue weighted by Gasteiger charge is -2.14. The van der Waals surface area contributed by atoms with Crippen molar-refractivity contribution in [1.29, 1.82) is 0 Å². The molecule has 11 heteroatoms. The Hall–Kier alpha value is -2.01. The van der Waals surface area contributed by atoms with Crippen LogP contribution in [0.2, 0.25) is 0 Å². The van der Waals surface area contributed by atoms with Crippen molar-refractivity contribution in [2.75, 3.05) is 11.8 Å². The Balaban J connectivity index is 3.36. The first-order valence-electron chi connectivity index (χ1n) is 5.01. The molecule has 0 spiro atoms. The average Bonchev–Trinajstić information content (AvgIpc) is 2.36. The number of oxime groups is 1. The van der Waals surface area contributed by atoms with Gasteiger partial charge in [-0.3, -0.25) is 4.72 Å². The van der Waals surface area contributed by atoms with Gasteiger partial charge in [0.1, 0.15) is 0 Å². The molecule has 0 unspecified atom stereocenters. The Morgan fingerprint density at radius 2 is 2.00 bits per heavy atom. The molecule has 1 aromatic carbocycles. The summed E-state index contributed by atoms with van der Waals surface area (Å²) < 4.78 is 64.8. The van der Waals surface area contributed by atoms with Gasteiger partial charge < -0.3 is 10.9 Å². The highest BCUT2D eigenvalue weighted by atomic mass is 32.2. The second-order valence-electron chi connectivity index (χ2n) is 3.55. The molecule has 0 saturated heterocycles. The minimum Gasteiger partial charge on any atom is -0.409 e. The maximum Gasteiger partial charge on any atom is 0.417 e. The van der Waals surface area contributed by atoms with E-state index in [1.54, 1.807) is 0 Å². The van der Waals surface area contributed by atoms with Gasteiger partial charge in [0.25, 0.3) is 10.2 Å². The molecule has 0 fully saturated rings. The smallest absolute Gasteiger partial charge is 0.409 e. The van der Waals surface area contributed by atoms with Crippen molar-refractivity contribution in [3.8, 4) is 0 Å². The summed E-state index contributed by atoms with van der Waals surface area (Å²) in [6.07, 6.45) is -4.80. The van der Waals surface area contributed by atoms with E-state index in [0.717, 1.165) is 19.2 Å². The fourth-order valence-electron chi connectivity index (χ4n) is 1.33. The van der Waals surface area contributed by atoms with Gasteiger partial charge in [-0.05, 0) is 18.2 Å². The number of halogens is 3. The molecule has 5 N–H and O–H groups in total. The summed E-state index contributed by atoms with van der Waals surface area (Å²) in [6, 6.07) is 2.49. The predicted molar refractivity (Wildman–Crippen MR) is 65.6 cm³/mol. The van der Waals surface area contributed by atoms with Crippen LogP contribution in [0.5, 0.6) is 0 Å². The fourth-order valence-corrected chi connectivity index (χ4v) is 1.87. The van der Waals surface area contributed by atoms with Crippen LogP contribution >= 0.6 is 0 Å². The maximum atomic E-state index is 12.9. The van der Waals surface area contributed by atoms with Crippen LogP contribution in [0, 0.1) is 0 Å². The summed E-state index contributed by atoms with van der Waals surface area (Å²) in [7, 11) is -2.86. The third-order valence-corrected chi connectivity index (χ3v) is 3.27. The van der Waals surface area contributed by atoms with E-state index in [4.69, 9.17) is 10.9 Å². The normalized spacial score (nSPS) is 13.3. The molecule has 0 aliphatic carbocycles. The fraction of sp³-hybridized carbons (Fsp3) is 0.222. The molecule has 0 radical (unpaired) electrons. The van der Waals surface area contributed by atoms with Crippen LogP contribution in [0.25, 0.3) is 0 Å². The van der Waals surface area contributed by atoms with Gasteiger partial charge in [-0.15, -0.1) is 0 Å². The molecule has 1 aromatic rings. The Morgan fingerprint density at radius 3 is 2.45 bits per heavy atom. The van der Waals surface area contributed by atoms with E-state index in [1.807, 2.05) is 9.44 Å². The number of rotatable bonds is 4. The number of amidine groups is 1. The molecule has 0 saturated carbocycles. The molecule has 7 nitrogen and oxygen atoms in total. The molecule has 112 valence electrons. The molecule has 0 bridgehead atoms. The zero-order valence-electron chi connectivity index (χ0n) is 10.1. The molecule has 0 heterocycles. The molecule has 1 rings (SSSR count). The minimum absolute atomic E-state index is 0.318. The number of hydrogen-bond acceptors (Lipinski definition) is 4. The number of nitrogens with two attached hydrogens (primary N) is 1. The van der Waals surface area contributed by atoms with Crippen molar-refractivity contribution < 1.29 is 26.8 Å². The third-order valence-electron chi connectivity index (χ3n) is 2.23. The van der Waals surface area contributed by atoms with E-state index in [1.165, 1.54) is 0 Å². The van der Waals surface area contributed by atoms with Gasteiger partial charge in [-0.2, -0.15) is 21.6 Å². The Bertz CT molecular complexity index is 628. The molecule has 20 heavy (non-hydrogen) atoms. The van der Waals surface area contributed by atoms with Gasteiger partial charge in [0.05, 0.1) is 11.3 Å². The van der Waals surface area contributed by atoms with Crippen molar-refractivity contribution in [3.05, 3.63) is 29.3 Å². The Labute approximate surface area is 112 Å². The van der Waals surface area contributed by atoms with Crippen LogP contribution in [-0.4, -0.2) is 26.5 Å². The number of nitrogens with zero attached hydrogens (tertiary/aromatic N) is 1. The van der Waals surface area contributed by atoms with Crippen molar-refractivity contribution in [2.24, 2.45) is 10.9 Å². The molecular weight excluding hydrogens is 301 g/mol. The van der Waals surface area contributed by atoms with Gasteiger partial charge in [0.2, 0.25) is 0 Å². The van der Waals surface area contributed by atoms with Crippen molar-refractivity contribution in [2.45, 2.75) is 6.18 Å². The maximum absolute atomic E-state index is 12.9. The van der Waals surface area contributed by atoms with Crippen LogP contribution < -0.4 is 15.2 Å². The van der Waals surface area contributed by atoms with Crippen LogP contribution in [0.4, 0.5) is 18.9 Å². The largest absolute Gasteiger partial charge is 0.417 e. The lowest BCUT2D eigenvalue weighted by molar-refractivity contribution is -0.137. The van der Waals surface area contributed by atoms with Gasteiger partial charge in [-0.25, -0.2) is 4.72 Å². The SMILES string of the molecule is CNS(=O)(=O)Nc1ccc(/C(N)=N/O)c(C(F)(F)F)c1. The molecule has 0 aliphatic rings. The van der Waals surface area contributed by atoms with Crippen LogP contribution in [-0.2, 0) is 16.4 Å². The summed E-state index contributed by atoms with van der Waals surface area (Å²) in [5, 5.41) is 10.9. The average molecular weight is 312 g/mol. The third kappa shape index (κ3) is 3.74. The number of nitrogens with one attached hydrogen (secondary N) is 2. The number of hydrogen-bond donors (Lipinski definition) is 4. The first-order valence-corrected chi connectivity index (χ1v) is 6.49. The second kappa shape index (κ2) is 5.54. The molecule has 0 atom stereocenters. The van der Waals surface area contributed by atoms with Crippen molar-refractivity contribution in [3.63, 3.8) is 0 Å². The van der Waals surface area contributed by atoms with Gasteiger partial charge in [-0.1, -0.05) is 5.16 Å². The van der Waals surface area contributed by atoms with Gasteiger partial charge >= 0.3 is 6.18 Å². The van der Waals surface area contributed by atoms with Crippen LogP contribution in [0.1, 0.15) is 11.1 Å². The topological polar surface area (TPSA) is 117 Å². The molecule has 0 amide bonds. The first-order chi connectivity index (χ1) is 9.10. The number of anilines is 1. The number of alkyl halides is 3. The highest BCUT2D eigenvalue weighted by Crippen LogP contribution is 2.33. The highest BCUT2D eigenvalue weighted by molar-refractivity contribution is 7.90. The van der Waals surface area contributed by atoms with E-state index in [9.17, 15) is 21.6 Å².